The van der Waals surface area contributed by atoms with Crippen LogP contribution in [0.3, 0.4) is 0 Å². The SMILES string of the molecule is CCNC(Cc1cccs1)c1cc(C)c(C)cc1C. The fourth-order valence-electron chi connectivity index (χ4n) is 2.53. The minimum Gasteiger partial charge on any atom is -0.310 e. The summed E-state index contributed by atoms with van der Waals surface area (Å²) in [7, 11) is 0. The van der Waals surface area contributed by atoms with Gasteiger partial charge in [-0.3, -0.25) is 0 Å². The Morgan fingerprint density at radius 2 is 1.84 bits per heavy atom. The number of hydrogen-bond acceptors (Lipinski definition) is 2. The quantitative estimate of drug-likeness (QED) is 0.841. The summed E-state index contributed by atoms with van der Waals surface area (Å²) in [6.45, 7) is 9.79. The van der Waals surface area contributed by atoms with E-state index >= 15 is 0 Å². The molecule has 1 heterocycles. The summed E-state index contributed by atoms with van der Waals surface area (Å²) in [5.41, 5.74) is 5.60. The molecule has 0 bridgehead atoms. The molecule has 1 unspecified atom stereocenters. The summed E-state index contributed by atoms with van der Waals surface area (Å²) in [5.74, 6) is 0. The van der Waals surface area contributed by atoms with Crippen molar-refractivity contribution in [2.75, 3.05) is 6.54 Å². The van der Waals surface area contributed by atoms with Gasteiger partial charge in [-0.15, -0.1) is 11.3 Å². The van der Waals surface area contributed by atoms with Crippen molar-refractivity contribution in [3.8, 4) is 0 Å². The van der Waals surface area contributed by atoms with E-state index in [0.29, 0.717) is 6.04 Å². The summed E-state index contributed by atoms with van der Waals surface area (Å²) in [6.07, 6.45) is 1.08. The van der Waals surface area contributed by atoms with Crippen LogP contribution in [0.4, 0.5) is 0 Å². The molecule has 0 spiro atoms. The van der Waals surface area contributed by atoms with Gasteiger partial charge in [0.05, 0.1) is 0 Å². The molecule has 2 rings (SSSR count). The zero-order valence-electron chi connectivity index (χ0n) is 12.3. The Bertz CT molecular complexity index is 528. The van der Waals surface area contributed by atoms with Crippen LogP contribution < -0.4 is 5.32 Å². The summed E-state index contributed by atoms with van der Waals surface area (Å²) in [4.78, 5) is 1.45. The van der Waals surface area contributed by atoms with E-state index < -0.39 is 0 Å². The summed E-state index contributed by atoms with van der Waals surface area (Å²) < 4.78 is 0. The second kappa shape index (κ2) is 6.36. The molecule has 0 radical (unpaired) electrons. The average molecular weight is 273 g/mol. The lowest BCUT2D eigenvalue weighted by molar-refractivity contribution is 0.550. The van der Waals surface area contributed by atoms with Gasteiger partial charge in [0.2, 0.25) is 0 Å². The van der Waals surface area contributed by atoms with Gasteiger partial charge >= 0.3 is 0 Å². The lowest BCUT2D eigenvalue weighted by Crippen LogP contribution is -2.23. The van der Waals surface area contributed by atoms with Crippen LogP contribution in [0.1, 0.15) is 40.1 Å². The molecule has 0 aliphatic carbocycles. The van der Waals surface area contributed by atoms with Gasteiger partial charge in [-0.05, 0) is 61.0 Å². The van der Waals surface area contributed by atoms with Crippen LogP contribution in [0.25, 0.3) is 0 Å². The van der Waals surface area contributed by atoms with Crippen LogP contribution in [0, 0.1) is 20.8 Å². The molecular formula is C17H23NS. The molecule has 2 heteroatoms. The van der Waals surface area contributed by atoms with Crippen molar-refractivity contribution in [1.82, 2.24) is 5.32 Å². The predicted molar refractivity (Wildman–Crippen MR) is 85.1 cm³/mol. The van der Waals surface area contributed by atoms with Gasteiger partial charge in [0, 0.05) is 17.3 Å². The highest BCUT2D eigenvalue weighted by Crippen LogP contribution is 2.26. The Hall–Kier alpha value is -1.12. The number of thiophene rings is 1. The highest BCUT2D eigenvalue weighted by molar-refractivity contribution is 7.09. The Kier molecular flexibility index (Phi) is 4.78. The molecule has 1 nitrogen and oxygen atoms in total. The zero-order chi connectivity index (χ0) is 13.8. The first-order chi connectivity index (χ1) is 9.11. The molecule has 1 aromatic heterocycles. The largest absolute Gasteiger partial charge is 0.310 e. The molecule has 0 aliphatic heterocycles. The number of benzene rings is 1. The monoisotopic (exact) mass is 273 g/mol. The second-order valence-corrected chi connectivity index (χ2v) is 6.22. The fourth-order valence-corrected chi connectivity index (χ4v) is 3.28. The average Bonchev–Trinajstić information content (AvgIpc) is 2.86. The van der Waals surface area contributed by atoms with Gasteiger partial charge in [0.1, 0.15) is 0 Å². The van der Waals surface area contributed by atoms with Gasteiger partial charge in [0.25, 0.3) is 0 Å². The van der Waals surface area contributed by atoms with E-state index in [1.54, 1.807) is 0 Å². The van der Waals surface area contributed by atoms with Crippen molar-refractivity contribution in [2.24, 2.45) is 0 Å². The fraction of sp³-hybridized carbons (Fsp3) is 0.412. The third-order valence-electron chi connectivity index (χ3n) is 3.69. The lowest BCUT2D eigenvalue weighted by Gasteiger charge is -2.21. The topological polar surface area (TPSA) is 12.0 Å². The Labute approximate surface area is 120 Å². The maximum Gasteiger partial charge on any atom is 0.0371 e. The molecule has 0 aliphatic rings. The maximum absolute atomic E-state index is 3.63. The molecular weight excluding hydrogens is 250 g/mol. The third-order valence-corrected chi connectivity index (χ3v) is 4.59. The first-order valence-electron chi connectivity index (χ1n) is 6.95. The van der Waals surface area contributed by atoms with E-state index in [1.807, 2.05) is 11.3 Å². The molecule has 1 N–H and O–H groups in total. The Morgan fingerprint density at radius 1 is 1.11 bits per heavy atom. The van der Waals surface area contributed by atoms with Crippen molar-refractivity contribution < 1.29 is 0 Å². The van der Waals surface area contributed by atoms with Crippen LogP contribution in [0.2, 0.25) is 0 Å². The number of aryl methyl sites for hydroxylation is 3. The molecule has 102 valence electrons. The molecule has 0 fully saturated rings. The minimum absolute atomic E-state index is 0.419. The van der Waals surface area contributed by atoms with Crippen molar-refractivity contribution in [3.05, 3.63) is 56.8 Å². The molecule has 2 aromatic rings. The Balaban J connectivity index is 2.30. The highest BCUT2D eigenvalue weighted by Gasteiger charge is 2.15. The lowest BCUT2D eigenvalue weighted by atomic mass is 9.93. The van der Waals surface area contributed by atoms with E-state index in [9.17, 15) is 0 Å². The number of likely N-dealkylation sites (N-methyl/N-ethyl adjacent to an activating group) is 1. The van der Waals surface area contributed by atoms with Gasteiger partial charge in [-0.2, -0.15) is 0 Å². The van der Waals surface area contributed by atoms with Crippen molar-refractivity contribution in [1.29, 1.82) is 0 Å². The van der Waals surface area contributed by atoms with E-state index in [-0.39, 0.29) is 0 Å². The number of hydrogen-bond donors (Lipinski definition) is 1. The zero-order valence-corrected chi connectivity index (χ0v) is 13.1. The van der Waals surface area contributed by atoms with E-state index in [1.165, 1.54) is 27.1 Å². The summed E-state index contributed by atoms with van der Waals surface area (Å²) in [5, 5.41) is 5.79. The number of nitrogens with one attached hydrogen (secondary N) is 1. The molecule has 0 saturated carbocycles. The molecule has 0 saturated heterocycles. The Morgan fingerprint density at radius 3 is 2.47 bits per heavy atom. The van der Waals surface area contributed by atoms with Gasteiger partial charge in [-0.1, -0.05) is 25.1 Å². The van der Waals surface area contributed by atoms with Gasteiger partial charge in [-0.25, -0.2) is 0 Å². The van der Waals surface area contributed by atoms with Crippen molar-refractivity contribution in [3.63, 3.8) is 0 Å². The van der Waals surface area contributed by atoms with Crippen LogP contribution in [0.15, 0.2) is 29.6 Å². The van der Waals surface area contributed by atoms with Crippen LogP contribution in [-0.2, 0) is 6.42 Å². The normalized spacial score (nSPS) is 12.6. The van der Waals surface area contributed by atoms with E-state index in [2.05, 4.69) is 62.7 Å². The molecule has 1 atom stereocenters. The molecule has 0 amide bonds. The summed E-state index contributed by atoms with van der Waals surface area (Å²) >= 11 is 1.84. The second-order valence-electron chi connectivity index (χ2n) is 5.19. The molecule has 19 heavy (non-hydrogen) atoms. The standard InChI is InChI=1S/C17H23NS/c1-5-18-17(11-15-7-6-8-19-15)16-10-13(3)12(2)9-14(16)4/h6-10,17-18H,5,11H2,1-4H3. The predicted octanol–water partition coefficient (Wildman–Crippen LogP) is 4.57. The van der Waals surface area contributed by atoms with Crippen LogP contribution in [0.5, 0.6) is 0 Å². The first kappa shape index (κ1) is 14.3. The third kappa shape index (κ3) is 3.46. The maximum atomic E-state index is 3.63. The number of rotatable bonds is 5. The van der Waals surface area contributed by atoms with Crippen molar-refractivity contribution >= 4 is 11.3 Å². The minimum atomic E-state index is 0.419. The summed E-state index contributed by atoms with van der Waals surface area (Å²) in [6, 6.07) is 9.44. The highest BCUT2D eigenvalue weighted by atomic mass is 32.1. The van der Waals surface area contributed by atoms with Gasteiger partial charge in [0.15, 0.2) is 0 Å². The van der Waals surface area contributed by atoms with Crippen molar-refractivity contribution in [2.45, 2.75) is 40.2 Å². The molecule has 1 aromatic carbocycles. The smallest absolute Gasteiger partial charge is 0.0371 e. The van der Waals surface area contributed by atoms with Crippen LogP contribution in [-0.4, -0.2) is 6.54 Å². The van der Waals surface area contributed by atoms with Gasteiger partial charge < -0.3 is 5.32 Å². The van der Waals surface area contributed by atoms with E-state index in [4.69, 9.17) is 0 Å². The van der Waals surface area contributed by atoms with Crippen LogP contribution >= 0.6 is 11.3 Å². The first-order valence-corrected chi connectivity index (χ1v) is 7.83. The van der Waals surface area contributed by atoms with E-state index in [0.717, 1.165) is 13.0 Å².